The van der Waals surface area contributed by atoms with Crippen LogP contribution in [0.1, 0.15) is 17.7 Å². The Labute approximate surface area is 93.6 Å². The van der Waals surface area contributed by atoms with Crippen molar-refractivity contribution in [2.45, 2.75) is 25.4 Å². The molecule has 2 aliphatic rings. The summed E-state index contributed by atoms with van der Waals surface area (Å²) in [5.74, 6) is 1.58. The highest BCUT2D eigenvalue weighted by molar-refractivity contribution is 7.09. The summed E-state index contributed by atoms with van der Waals surface area (Å²) in [6, 6.07) is 4.84. The smallest absolute Gasteiger partial charge is 0.191 e. The Morgan fingerprint density at radius 3 is 3.07 bits per heavy atom. The third-order valence-electron chi connectivity index (χ3n) is 3.21. The van der Waals surface area contributed by atoms with E-state index in [0.717, 1.165) is 25.0 Å². The molecule has 3 nitrogen and oxygen atoms in total. The van der Waals surface area contributed by atoms with E-state index < -0.39 is 0 Å². The van der Waals surface area contributed by atoms with Gasteiger partial charge in [-0.05, 0) is 30.2 Å². The minimum absolute atomic E-state index is 0.576. The number of guanidine groups is 1. The second-order valence-electron chi connectivity index (χ2n) is 4.31. The SMILES string of the molecule is NC1=NCC(C2CC2)N1Cc1cccs1. The van der Waals surface area contributed by atoms with Gasteiger partial charge in [-0.2, -0.15) is 0 Å². The zero-order chi connectivity index (χ0) is 10.3. The highest BCUT2D eigenvalue weighted by atomic mass is 32.1. The monoisotopic (exact) mass is 221 g/mol. The van der Waals surface area contributed by atoms with Gasteiger partial charge in [0.2, 0.25) is 0 Å². The van der Waals surface area contributed by atoms with Gasteiger partial charge in [-0.3, -0.25) is 4.99 Å². The first-order valence-electron chi connectivity index (χ1n) is 5.43. The van der Waals surface area contributed by atoms with Crippen LogP contribution < -0.4 is 5.73 Å². The lowest BCUT2D eigenvalue weighted by Crippen LogP contribution is -2.41. The van der Waals surface area contributed by atoms with Gasteiger partial charge >= 0.3 is 0 Å². The molecule has 15 heavy (non-hydrogen) atoms. The Balaban J connectivity index is 1.74. The number of hydrogen-bond donors (Lipinski definition) is 1. The molecule has 1 saturated carbocycles. The molecule has 0 radical (unpaired) electrons. The molecule has 0 aromatic carbocycles. The fraction of sp³-hybridized carbons (Fsp3) is 0.545. The van der Waals surface area contributed by atoms with E-state index in [1.165, 1.54) is 17.7 Å². The van der Waals surface area contributed by atoms with Gasteiger partial charge in [-0.25, -0.2) is 0 Å². The maximum atomic E-state index is 5.93. The van der Waals surface area contributed by atoms with Gasteiger partial charge in [0.05, 0.1) is 19.1 Å². The van der Waals surface area contributed by atoms with Crippen LogP contribution in [0.3, 0.4) is 0 Å². The minimum atomic E-state index is 0.576. The summed E-state index contributed by atoms with van der Waals surface area (Å²) in [7, 11) is 0. The van der Waals surface area contributed by atoms with Crippen molar-refractivity contribution < 1.29 is 0 Å². The Morgan fingerprint density at radius 1 is 1.53 bits per heavy atom. The van der Waals surface area contributed by atoms with Crippen molar-refractivity contribution in [3.05, 3.63) is 22.4 Å². The van der Waals surface area contributed by atoms with Gasteiger partial charge in [0.25, 0.3) is 0 Å². The van der Waals surface area contributed by atoms with Crippen LogP contribution in [0.2, 0.25) is 0 Å². The molecule has 80 valence electrons. The molecule has 0 bridgehead atoms. The van der Waals surface area contributed by atoms with Crippen LogP contribution in [-0.2, 0) is 6.54 Å². The van der Waals surface area contributed by atoms with Gasteiger partial charge in [0.15, 0.2) is 5.96 Å². The molecule has 1 unspecified atom stereocenters. The van der Waals surface area contributed by atoms with E-state index in [-0.39, 0.29) is 0 Å². The first-order valence-corrected chi connectivity index (χ1v) is 6.31. The maximum absolute atomic E-state index is 5.93. The van der Waals surface area contributed by atoms with Crippen molar-refractivity contribution in [2.24, 2.45) is 16.6 Å². The lowest BCUT2D eigenvalue weighted by atomic mass is 10.1. The van der Waals surface area contributed by atoms with Crippen molar-refractivity contribution in [1.29, 1.82) is 0 Å². The maximum Gasteiger partial charge on any atom is 0.191 e. The highest BCUT2D eigenvalue weighted by Crippen LogP contribution is 2.37. The number of rotatable bonds is 3. The third kappa shape index (κ3) is 1.74. The van der Waals surface area contributed by atoms with E-state index >= 15 is 0 Å². The normalized spacial score (nSPS) is 25.7. The van der Waals surface area contributed by atoms with Crippen LogP contribution in [0.25, 0.3) is 0 Å². The standard InChI is InChI=1S/C11H15N3S/c12-11-13-6-10(8-3-4-8)14(11)7-9-2-1-5-15-9/h1-2,5,8,10H,3-4,6-7H2,(H2,12,13). The number of nitrogens with two attached hydrogens (primary N) is 1. The molecule has 1 atom stereocenters. The van der Waals surface area contributed by atoms with Crippen molar-refractivity contribution >= 4 is 17.3 Å². The second-order valence-corrected chi connectivity index (χ2v) is 5.34. The lowest BCUT2D eigenvalue weighted by Gasteiger charge is -2.25. The van der Waals surface area contributed by atoms with Gasteiger partial charge in [-0.15, -0.1) is 11.3 Å². The quantitative estimate of drug-likeness (QED) is 0.843. The Bertz CT molecular complexity index is 367. The highest BCUT2D eigenvalue weighted by Gasteiger charge is 2.38. The summed E-state index contributed by atoms with van der Waals surface area (Å²) in [5, 5.41) is 2.12. The second kappa shape index (κ2) is 3.52. The summed E-state index contributed by atoms with van der Waals surface area (Å²) < 4.78 is 0. The van der Waals surface area contributed by atoms with Crippen LogP contribution in [0.15, 0.2) is 22.5 Å². The van der Waals surface area contributed by atoms with E-state index in [9.17, 15) is 0 Å². The minimum Gasteiger partial charge on any atom is -0.370 e. The molecule has 1 aliphatic heterocycles. The topological polar surface area (TPSA) is 41.6 Å². The van der Waals surface area contributed by atoms with Gasteiger partial charge in [0, 0.05) is 4.88 Å². The molecule has 4 heteroatoms. The van der Waals surface area contributed by atoms with Crippen molar-refractivity contribution in [2.75, 3.05) is 6.54 Å². The van der Waals surface area contributed by atoms with E-state index in [1.54, 1.807) is 11.3 Å². The fourth-order valence-electron chi connectivity index (χ4n) is 2.20. The predicted molar refractivity (Wildman–Crippen MR) is 62.9 cm³/mol. The average molecular weight is 221 g/mol. The Morgan fingerprint density at radius 2 is 2.40 bits per heavy atom. The third-order valence-corrected chi connectivity index (χ3v) is 4.07. The van der Waals surface area contributed by atoms with Crippen LogP contribution >= 0.6 is 11.3 Å². The molecule has 0 saturated heterocycles. The largest absolute Gasteiger partial charge is 0.370 e. The van der Waals surface area contributed by atoms with Crippen molar-refractivity contribution in [3.63, 3.8) is 0 Å². The van der Waals surface area contributed by atoms with Crippen LogP contribution in [0.4, 0.5) is 0 Å². The molecule has 0 amide bonds. The zero-order valence-electron chi connectivity index (χ0n) is 8.60. The Kier molecular flexibility index (Phi) is 2.16. The van der Waals surface area contributed by atoms with E-state index in [1.807, 2.05) is 0 Å². The lowest BCUT2D eigenvalue weighted by molar-refractivity contribution is 0.305. The number of thiophene rings is 1. The number of aliphatic imine (C=N–C) groups is 1. The van der Waals surface area contributed by atoms with E-state index in [2.05, 4.69) is 27.4 Å². The average Bonchev–Trinajstić information content (AvgIpc) is 2.82. The van der Waals surface area contributed by atoms with E-state index in [4.69, 9.17) is 5.73 Å². The van der Waals surface area contributed by atoms with Crippen molar-refractivity contribution in [1.82, 2.24) is 4.90 Å². The van der Waals surface area contributed by atoms with Gasteiger partial charge in [0.1, 0.15) is 0 Å². The molecule has 2 N–H and O–H groups in total. The van der Waals surface area contributed by atoms with E-state index in [0.29, 0.717) is 6.04 Å². The first-order chi connectivity index (χ1) is 7.34. The Hall–Kier alpha value is -1.03. The van der Waals surface area contributed by atoms with Crippen LogP contribution in [-0.4, -0.2) is 23.4 Å². The fourth-order valence-corrected chi connectivity index (χ4v) is 2.90. The van der Waals surface area contributed by atoms with Crippen LogP contribution in [0, 0.1) is 5.92 Å². The number of hydrogen-bond acceptors (Lipinski definition) is 4. The summed E-state index contributed by atoms with van der Waals surface area (Å²) in [5.41, 5.74) is 5.93. The molecule has 1 aliphatic carbocycles. The summed E-state index contributed by atoms with van der Waals surface area (Å²) in [4.78, 5) is 8.02. The summed E-state index contributed by atoms with van der Waals surface area (Å²) in [6.07, 6.45) is 2.71. The van der Waals surface area contributed by atoms with Crippen molar-refractivity contribution in [3.8, 4) is 0 Å². The van der Waals surface area contributed by atoms with Gasteiger partial charge < -0.3 is 10.6 Å². The molecule has 0 spiro atoms. The molecular weight excluding hydrogens is 206 g/mol. The molecular formula is C11H15N3S. The molecule has 1 aromatic rings. The zero-order valence-corrected chi connectivity index (χ0v) is 9.41. The van der Waals surface area contributed by atoms with Crippen LogP contribution in [0.5, 0.6) is 0 Å². The molecule has 2 heterocycles. The molecule has 1 fully saturated rings. The predicted octanol–water partition coefficient (Wildman–Crippen LogP) is 1.66. The summed E-state index contributed by atoms with van der Waals surface area (Å²) in [6.45, 7) is 1.84. The number of nitrogens with zero attached hydrogens (tertiary/aromatic N) is 2. The van der Waals surface area contributed by atoms with Gasteiger partial charge in [-0.1, -0.05) is 6.07 Å². The first kappa shape index (κ1) is 9.21. The molecule has 3 rings (SSSR count). The summed E-state index contributed by atoms with van der Waals surface area (Å²) >= 11 is 1.79. The molecule has 1 aromatic heterocycles.